The van der Waals surface area contributed by atoms with E-state index in [1.807, 2.05) is 0 Å². The highest BCUT2D eigenvalue weighted by Gasteiger charge is 2.49. The Labute approximate surface area is 250 Å². The minimum Gasteiger partial charge on any atom is -0.448 e. The van der Waals surface area contributed by atoms with Crippen molar-refractivity contribution in [2.45, 2.75) is 37.8 Å². The maximum absolute atomic E-state index is 14.0. The molecular formula is C29H26F2N6O6S. The Kier molecular flexibility index (Phi) is 8.01. The number of pyridine rings is 1. The lowest BCUT2D eigenvalue weighted by atomic mass is 10.0. The number of sulfonamides is 1. The number of nitrogens with one attached hydrogen (secondary N) is 2. The van der Waals surface area contributed by atoms with Gasteiger partial charge < -0.3 is 15.4 Å². The molecule has 2 amide bonds. The summed E-state index contributed by atoms with van der Waals surface area (Å²) >= 11 is 0. The van der Waals surface area contributed by atoms with E-state index in [4.69, 9.17) is 4.74 Å². The van der Waals surface area contributed by atoms with E-state index < -0.39 is 56.5 Å². The summed E-state index contributed by atoms with van der Waals surface area (Å²) < 4.78 is 62.0. The first kappa shape index (κ1) is 30.4. The molecule has 44 heavy (non-hydrogen) atoms. The lowest BCUT2D eigenvalue weighted by molar-refractivity contribution is 0.102. The summed E-state index contributed by atoms with van der Waals surface area (Å²) in [4.78, 5) is 42.7. The monoisotopic (exact) mass is 624 g/mol. The van der Waals surface area contributed by atoms with Crippen LogP contribution in [-0.2, 0) is 26.8 Å². The van der Waals surface area contributed by atoms with E-state index in [0.29, 0.717) is 18.2 Å². The molecule has 4 aromatic rings. The highest BCUT2D eigenvalue weighted by atomic mass is 32.2. The molecule has 0 bridgehead atoms. The van der Waals surface area contributed by atoms with Crippen LogP contribution in [0.15, 0.2) is 71.8 Å². The Balaban J connectivity index is 1.52. The van der Waals surface area contributed by atoms with Crippen LogP contribution in [0.1, 0.15) is 52.9 Å². The molecule has 12 nitrogen and oxygen atoms in total. The first-order valence-electron chi connectivity index (χ1n) is 13.3. The minimum atomic E-state index is -4.49. The van der Waals surface area contributed by atoms with Gasteiger partial charge >= 0.3 is 6.09 Å². The Hall–Kier alpha value is -5.02. The fraction of sp³-hybridized carbons (Fsp3) is 0.207. The number of aromatic nitrogens is 3. The molecule has 2 N–H and O–H groups in total. The fourth-order valence-electron chi connectivity index (χ4n) is 4.83. The van der Waals surface area contributed by atoms with Gasteiger partial charge in [-0.2, -0.15) is 9.40 Å². The topological polar surface area (TPSA) is 153 Å². The number of hydrogen-bond donors (Lipinski definition) is 2. The number of para-hydroxylation sites is 1. The zero-order valence-electron chi connectivity index (χ0n) is 23.7. The van der Waals surface area contributed by atoms with Gasteiger partial charge in [0.15, 0.2) is 0 Å². The van der Waals surface area contributed by atoms with Crippen molar-refractivity contribution in [2.24, 2.45) is 0 Å². The number of carbonyl (C=O) groups is 3. The molecule has 0 saturated heterocycles. The summed E-state index contributed by atoms with van der Waals surface area (Å²) in [6, 6.07) is 12.8. The molecule has 1 aliphatic heterocycles. The van der Waals surface area contributed by atoms with Crippen LogP contribution in [0.2, 0.25) is 0 Å². The third-order valence-electron chi connectivity index (χ3n) is 6.90. The van der Waals surface area contributed by atoms with Gasteiger partial charge in [0.05, 0.1) is 34.0 Å². The van der Waals surface area contributed by atoms with Gasteiger partial charge in [-0.15, -0.1) is 4.68 Å². The lowest BCUT2D eigenvalue weighted by Crippen LogP contribution is -2.41. The normalized spacial score (nSPS) is 14.1. The fourth-order valence-corrected chi connectivity index (χ4v) is 6.60. The zero-order chi connectivity index (χ0) is 31.8. The molecule has 228 valence electrons. The number of hydrogen-bond acceptors (Lipinski definition) is 8. The predicted octanol–water partition coefficient (Wildman–Crippen LogP) is 4.51. The summed E-state index contributed by atoms with van der Waals surface area (Å²) in [6.45, 7) is 4.15. The maximum atomic E-state index is 14.0. The van der Waals surface area contributed by atoms with Crippen LogP contribution in [0.25, 0.3) is 0 Å². The molecule has 2 aromatic heterocycles. The molecule has 5 rings (SSSR count). The van der Waals surface area contributed by atoms with E-state index in [1.54, 1.807) is 31.2 Å². The standard InChI is InChI=1S/C29H26F2N6O6S/c1-4-43-28(40)37-25(34-26(38)20-9-5-6-10-22(20)33-27(39)23-11-7-8-12-32-23)21-16-36(29(2,3)24(21)35-37)44(41,42)19-14-17(30)13-18(31)15-19/h5-15H,4,16H2,1-3H3,(H,33,39)(H,34,38). The number of fused-ring (bicyclic) bond motifs is 1. The van der Waals surface area contributed by atoms with Gasteiger partial charge in [-0.05, 0) is 57.2 Å². The second-order valence-corrected chi connectivity index (χ2v) is 12.0. The van der Waals surface area contributed by atoms with Crippen molar-refractivity contribution in [1.82, 2.24) is 19.1 Å². The SMILES string of the molecule is CCOC(=O)n1nc2c(c1NC(=O)c1ccccc1NC(=O)c1ccccn1)CN(S(=O)(=O)c1cc(F)cc(F)c1)C2(C)C. The second kappa shape index (κ2) is 11.6. The van der Waals surface area contributed by atoms with E-state index in [-0.39, 0.29) is 40.6 Å². The first-order chi connectivity index (χ1) is 20.8. The summed E-state index contributed by atoms with van der Waals surface area (Å²) in [5.41, 5.74) is -0.897. The van der Waals surface area contributed by atoms with Crippen LogP contribution in [0.5, 0.6) is 0 Å². The Morgan fingerprint density at radius 2 is 1.66 bits per heavy atom. The largest absolute Gasteiger partial charge is 0.448 e. The number of ether oxygens (including phenoxy) is 1. The van der Waals surface area contributed by atoms with Crippen LogP contribution in [0.4, 0.5) is 25.1 Å². The highest BCUT2D eigenvalue weighted by Crippen LogP contribution is 2.45. The lowest BCUT2D eigenvalue weighted by Gasteiger charge is -2.30. The molecule has 1 aliphatic rings. The maximum Gasteiger partial charge on any atom is 0.436 e. The van der Waals surface area contributed by atoms with Crippen LogP contribution in [0.3, 0.4) is 0 Å². The van der Waals surface area contributed by atoms with E-state index in [9.17, 15) is 31.6 Å². The minimum absolute atomic E-state index is 0.0131. The first-order valence-corrected chi connectivity index (χ1v) is 14.7. The Bertz CT molecular complexity index is 1880. The number of anilines is 2. The third kappa shape index (κ3) is 5.54. The van der Waals surface area contributed by atoms with Crippen molar-refractivity contribution in [3.05, 3.63) is 101 Å². The number of amides is 2. The van der Waals surface area contributed by atoms with Crippen molar-refractivity contribution < 1.29 is 36.3 Å². The molecule has 0 atom stereocenters. The van der Waals surface area contributed by atoms with Gasteiger partial charge in [0, 0.05) is 24.4 Å². The third-order valence-corrected chi connectivity index (χ3v) is 8.90. The van der Waals surface area contributed by atoms with Crippen molar-refractivity contribution in [1.29, 1.82) is 0 Å². The molecule has 0 radical (unpaired) electrons. The Morgan fingerprint density at radius 1 is 0.977 bits per heavy atom. The molecule has 3 heterocycles. The van der Waals surface area contributed by atoms with Gasteiger partial charge in [0.1, 0.15) is 23.1 Å². The number of carbonyl (C=O) groups excluding carboxylic acids is 3. The molecule has 0 aliphatic carbocycles. The van der Waals surface area contributed by atoms with Crippen molar-refractivity contribution in [2.75, 3.05) is 17.2 Å². The molecule has 0 spiro atoms. The molecular weight excluding hydrogens is 598 g/mol. The summed E-state index contributed by atoms with van der Waals surface area (Å²) in [6.07, 6.45) is 0.506. The summed E-state index contributed by atoms with van der Waals surface area (Å²) in [5, 5.41) is 9.57. The van der Waals surface area contributed by atoms with Crippen molar-refractivity contribution >= 4 is 39.4 Å². The van der Waals surface area contributed by atoms with Gasteiger partial charge in [-0.25, -0.2) is 22.0 Å². The molecule has 0 fully saturated rings. The summed E-state index contributed by atoms with van der Waals surface area (Å²) in [7, 11) is -4.49. The number of benzene rings is 2. The number of rotatable bonds is 7. The average molecular weight is 625 g/mol. The quantitative estimate of drug-likeness (QED) is 0.305. The van der Waals surface area contributed by atoms with E-state index in [2.05, 4.69) is 20.7 Å². The van der Waals surface area contributed by atoms with Gasteiger partial charge in [0.2, 0.25) is 10.0 Å². The average Bonchev–Trinajstić information content (AvgIpc) is 3.47. The van der Waals surface area contributed by atoms with Crippen LogP contribution in [0, 0.1) is 11.6 Å². The van der Waals surface area contributed by atoms with E-state index in [0.717, 1.165) is 8.99 Å². The van der Waals surface area contributed by atoms with Gasteiger partial charge in [-0.1, -0.05) is 18.2 Å². The molecule has 15 heteroatoms. The van der Waals surface area contributed by atoms with Crippen LogP contribution >= 0.6 is 0 Å². The number of halogens is 2. The summed E-state index contributed by atoms with van der Waals surface area (Å²) in [5.74, 6) is -3.66. The van der Waals surface area contributed by atoms with Gasteiger partial charge in [0.25, 0.3) is 11.8 Å². The van der Waals surface area contributed by atoms with Crippen LogP contribution < -0.4 is 10.6 Å². The van der Waals surface area contributed by atoms with Crippen LogP contribution in [-0.4, -0.2) is 52.0 Å². The van der Waals surface area contributed by atoms with Gasteiger partial charge in [-0.3, -0.25) is 14.6 Å². The highest BCUT2D eigenvalue weighted by molar-refractivity contribution is 7.89. The number of nitrogens with zero attached hydrogens (tertiary/aromatic N) is 4. The van der Waals surface area contributed by atoms with E-state index in [1.165, 1.54) is 38.2 Å². The van der Waals surface area contributed by atoms with E-state index >= 15 is 0 Å². The predicted molar refractivity (Wildman–Crippen MR) is 153 cm³/mol. The second-order valence-electron chi connectivity index (χ2n) is 10.1. The smallest absolute Gasteiger partial charge is 0.436 e. The molecule has 0 saturated carbocycles. The van der Waals surface area contributed by atoms with Crippen molar-refractivity contribution in [3.63, 3.8) is 0 Å². The van der Waals surface area contributed by atoms with Crippen molar-refractivity contribution in [3.8, 4) is 0 Å². The molecule has 0 unspecified atom stereocenters. The Morgan fingerprint density at radius 3 is 2.32 bits per heavy atom. The molecule has 2 aromatic carbocycles. The zero-order valence-corrected chi connectivity index (χ0v) is 24.5.